The van der Waals surface area contributed by atoms with Gasteiger partial charge in [-0.15, -0.1) is 11.3 Å². The average Bonchev–Trinajstić information content (AvgIpc) is 2.92. The molecule has 2 heterocycles. The fraction of sp³-hybridized carbons (Fsp3) is 0.471. The van der Waals surface area contributed by atoms with E-state index in [2.05, 4.69) is 60.6 Å². The Labute approximate surface area is 131 Å². The minimum absolute atomic E-state index is 0.126. The van der Waals surface area contributed by atoms with Gasteiger partial charge in [-0.25, -0.2) is 4.98 Å². The molecule has 1 aromatic heterocycles. The van der Waals surface area contributed by atoms with Gasteiger partial charge in [0.25, 0.3) is 0 Å². The lowest BCUT2D eigenvalue weighted by Crippen LogP contribution is -2.35. The second kappa shape index (κ2) is 5.78. The van der Waals surface area contributed by atoms with Crippen molar-refractivity contribution < 1.29 is 0 Å². The van der Waals surface area contributed by atoms with Crippen LogP contribution in [0, 0.1) is 0 Å². The Bertz CT molecular complexity index is 612. The highest BCUT2D eigenvalue weighted by Gasteiger charge is 2.20. The van der Waals surface area contributed by atoms with E-state index in [-0.39, 0.29) is 5.54 Å². The number of aryl methyl sites for hydroxylation is 1. The van der Waals surface area contributed by atoms with Crippen LogP contribution in [0.25, 0.3) is 0 Å². The summed E-state index contributed by atoms with van der Waals surface area (Å²) in [4.78, 5) is 7.18. The van der Waals surface area contributed by atoms with Crippen LogP contribution in [0.3, 0.4) is 0 Å². The van der Waals surface area contributed by atoms with Gasteiger partial charge in [0.15, 0.2) is 5.13 Å². The van der Waals surface area contributed by atoms with Crippen LogP contribution < -0.4 is 10.2 Å². The summed E-state index contributed by atoms with van der Waals surface area (Å²) in [5.41, 5.74) is 4.02. The molecule has 0 radical (unpaired) electrons. The third kappa shape index (κ3) is 3.44. The van der Waals surface area contributed by atoms with Gasteiger partial charge in [-0.05, 0) is 45.2 Å². The summed E-state index contributed by atoms with van der Waals surface area (Å²) in [7, 11) is 0. The number of rotatable bonds is 3. The lowest BCUT2D eigenvalue weighted by Gasteiger charge is -2.29. The molecule has 3 rings (SSSR count). The van der Waals surface area contributed by atoms with Crippen LogP contribution >= 0.6 is 11.3 Å². The number of hydrogen-bond donors (Lipinski definition) is 1. The summed E-state index contributed by atoms with van der Waals surface area (Å²) < 4.78 is 0. The van der Waals surface area contributed by atoms with Crippen molar-refractivity contribution in [2.45, 2.75) is 45.7 Å². The number of fused-ring (bicyclic) bond motifs is 1. The van der Waals surface area contributed by atoms with Crippen molar-refractivity contribution in [2.24, 2.45) is 0 Å². The van der Waals surface area contributed by atoms with Crippen molar-refractivity contribution in [3.63, 3.8) is 0 Å². The maximum absolute atomic E-state index is 4.82. The van der Waals surface area contributed by atoms with Crippen molar-refractivity contribution in [2.75, 3.05) is 11.4 Å². The maximum atomic E-state index is 4.82. The molecule has 0 bridgehead atoms. The van der Waals surface area contributed by atoms with Gasteiger partial charge in [-0.2, -0.15) is 0 Å². The fourth-order valence-electron chi connectivity index (χ4n) is 2.59. The molecule has 3 nitrogen and oxygen atoms in total. The summed E-state index contributed by atoms with van der Waals surface area (Å²) in [6.07, 6.45) is 2.38. The molecule has 0 amide bonds. The van der Waals surface area contributed by atoms with Gasteiger partial charge in [-0.1, -0.05) is 18.2 Å². The standard InChI is InChI=1S/C17H23N3S/c1-17(2,3)18-11-14-12-21-16(19-14)20-10-6-8-13-7-4-5-9-15(13)20/h4-5,7,9,12,18H,6,8,10-11H2,1-3H3. The number of nitrogens with zero attached hydrogens (tertiary/aromatic N) is 2. The smallest absolute Gasteiger partial charge is 0.190 e. The molecule has 1 aliphatic heterocycles. The molecule has 0 unspecified atom stereocenters. The Morgan fingerprint density at radius 3 is 2.90 bits per heavy atom. The van der Waals surface area contributed by atoms with Gasteiger partial charge in [0, 0.05) is 29.7 Å². The lowest BCUT2D eigenvalue weighted by molar-refractivity contribution is 0.422. The van der Waals surface area contributed by atoms with Crippen LogP contribution in [0.4, 0.5) is 10.8 Å². The summed E-state index contributed by atoms with van der Waals surface area (Å²) in [6, 6.07) is 8.69. The molecule has 0 aliphatic carbocycles. The third-order valence-corrected chi connectivity index (χ3v) is 4.59. The Morgan fingerprint density at radius 1 is 1.29 bits per heavy atom. The Balaban J connectivity index is 1.78. The van der Waals surface area contributed by atoms with Crippen LogP contribution in [0.1, 0.15) is 38.4 Å². The summed E-state index contributed by atoms with van der Waals surface area (Å²) >= 11 is 1.75. The van der Waals surface area contributed by atoms with Crippen molar-refractivity contribution in [3.8, 4) is 0 Å². The first-order valence-electron chi connectivity index (χ1n) is 7.58. The Morgan fingerprint density at radius 2 is 2.10 bits per heavy atom. The first kappa shape index (κ1) is 14.5. The first-order valence-corrected chi connectivity index (χ1v) is 8.46. The monoisotopic (exact) mass is 301 g/mol. The summed E-state index contributed by atoms with van der Waals surface area (Å²) in [5, 5.41) is 6.79. The van der Waals surface area contributed by atoms with E-state index in [0.29, 0.717) is 0 Å². The van der Waals surface area contributed by atoms with Gasteiger partial charge < -0.3 is 10.2 Å². The molecular formula is C17H23N3S. The van der Waals surface area contributed by atoms with E-state index >= 15 is 0 Å². The highest BCUT2D eigenvalue weighted by molar-refractivity contribution is 7.13. The minimum Gasteiger partial charge on any atom is -0.318 e. The number of aromatic nitrogens is 1. The van der Waals surface area contributed by atoms with Crippen LogP contribution in [-0.2, 0) is 13.0 Å². The zero-order chi connectivity index (χ0) is 14.9. The van der Waals surface area contributed by atoms with Crippen LogP contribution in [0.15, 0.2) is 29.6 Å². The minimum atomic E-state index is 0.126. The number of hydrogen-bond acceptors (Lipinski definition) is 4. The van der Waals surface area contributed by atoms with Crippen molar-refractivity contribution in [1.82, 2.24) is 10.3 Å². The molecule has 21 heavy (non-hydrogen) atoms. The number of thiazole rings is 1. The number of nitrogens with one attached hydrogen (secondary N) is 1. The molecule has 0 saturated heterocycles. The molecule has 0 spiro atoms. The van der Waals surface area contributed by atoms with Gasteiger partial charge in [0.1, 0.15) is 0 Å². The predicted octanol–water partition coefficient (Wildman–Crippen LogP) is 4.12. The van der Waals surface area contributed by atoms with Crippen molar-refractivity contribution in [3.05, 3.63) is 40.9 Å². The topological polar surface area (TPSA) is 28.2 Å². The second-order valence-corrected chi connectivity index (χ2v) is 7.45. The largest absolute Gasteiger partial charge is 0.318 e. The van der Waals surface area contributed by atoms with Gasteiger partial charge in [0.05, 0.1) is 5.69 Å². The average molecular weight is 301 g/mol. The van der Waals surface area contributed by atoms with Gasteiger partial charge in [-0.3, -0.25) is 0 Å². The van der Waals surface area contributed by atoms with Crippen LogP contribution in [0.5, 0.6) is 0 Å². The molecule has 0 atom stereocenters. The Hall–Kier alpha value is -1.39. The third-order valence-electron chi connectivity index (χ3n) is 3.68. The Kier molecular flexibility index (Phi) is 4.00. The molecule has 0 fully saturated rings. The second-order valence-electron chi connectivity index (χ2n) is 6.61. The quantitative estimate of drug-likeness (QED) is 0.924. The molecule has 4 heteroatoms. The number of benzene rings is 1. The lowest BCUT2D eigenvalue weighted by atomic mass is 10.0. The van der Waals surface area contributed by atoms with E-state index < -0.39 is 0 Å². The predicted molar refractivity (Wildman–Crippen MR) is 90.5 cm³/mol. The van der Waals surface area contributed by atoms with Crippen LogP contribution in [0.2, 0.25) is 0 Å². The zero-order valence-corrected chi connectivity index (χ0v) is 13.8. The van der Waals surface area contributed by atoms with Gasteiger partial charge in [0.2, 0.25) is 0 Å². The molecule has 1 aromatic carbocycles. The van der Waals surface area contributed by atoms with E-state index in [1.165, 1.54) is 24.1 Å². The molecule has 2 aromatic rings. The van der Waals surface area contributed by atoms with E-state index in [0.717, 1.165) is 23.9 Å². The highest BCUT2D eigenvalue weighted by atomic mass is 32.1. The normalized spacial score (nSPS) is 15.1. The van der Waals surface area contributed by atoms with Gasteiger partial charge >= 0.3 is 0 Å². The van der Waals surface area contributed by atoms with E-state index in [1.807, 2.05) is 0 Å². The molecule has 112 valence electrons. The van der Waals surface area contributed by atoms with E-state index in [1.54, 1.807) is 11.3 Å². The summed E-state index contributed by atoms with van der Waals surface area (Å²) in [6.45, 7) is 8.44. The van der Waals surface area contributed by atoms with Crippen LogP contribution in [-0.4, -0.2) is 17.1 Å². The first-order chi connectivity index (χ1) is 10.0. The molecule has 1 aliphatic rings. The molecule has 1 N–H and O–H groups in total. The molecule has 0 saturated carbocycles. The van der Waals surface area contributed by atoms with E-state index in [9.17, 15) is 0 Å². The van der Waals surface area contributed by atoms with E-state index in [4.69, 9.17) is 4.98 Å². The molecular weight excluding hydrogens is 278 g/mol. The maximum Gasteiger partial charge on any atom is 0.190 e. The number of para-hydroxylation sites is 1. The zero-order valence-electron chi connectivity index (χ0n) is 13.0. The van der Waals surface area contributed by atoms with Crippen molar-refractivity contribution >= 4 is 22.2 Å². The number of anilines is 2. The summed E-state index contributed by atoms with van der Waals surface area (Å²) in [5.74, 6) is 0. The highest BCUT2D eigenvalue weighted by Crippen LogP contribution is 2.34. The fourth-order valence-corrected chi connectivity index (χ4v) is 3.45. The SMILES string of the molecule is CC(C)(C)NCc1csc(N2CCCc3ccccc32)n1. The van der Waals surface area contributed by atoms with Crippen molar-refractivity contribution in [1.29, 1.82) is 0 Å².